The summed E-state index contributed by atoms with van der Waals surface area (Å²) in [5, 5.41) is 4.99. The lowest BCUT2D eigenvalue weighted by Gasteiger charge is -2.31. The lowest BCUT2D eigenvalue weighted by atomic mass is 9.95. The van der Waals surface area contributed by atoms with Crippen LogP contribution in [-0.2, 0) is 24.4 Å². The molecule has 4 aromatic rings. The summed E-state index contributed by atoms with van der Waals surface area (Å²) in [5.41, 5.74) is 4.55. The maximum atomic E-state index is 13.4. The highest BCUT2D eigenvalue weighted by Crippen LogP contribution is 2.25. The topological polar surface area (TPSA) is 37.3 Å². The molecule has 1 aliphatic heterocycles. The second kappa shape index (κ2) is 10.6. The molecular formula is C29H29ClFN3O. The molecule has 1 aromatic heterocycles. The summed E-state index contributed by atoms with van der Waals surface area (Å²) in [6.45, 7) is 3.83. The molecule has 0 spiro atoms. The number of para-hydroxylation sites is 1. The highest BCUT2D eigenvalue weighted by molar-refractivity contribution is 6.30. The molecule has 1 amide bonds. The van der Waals surface area contributed by atoms with E-state index in [0.29, 0.717) is 18.1 Å². The third-order valence-corrected chi connectivity index (χ3v) is 7.13. The summed E-state index contributed by atoms with van der Waals surface area (Å²) >= 11 is 5.94. The minimum Gasteiger partial charge on any atom is -0.352 e. The van der Waals surface area contributed by atoms with Crippen LogP contribution in [0.15, 0.2) is 78.9 Å². The Morgan fingerprint density at radius 2 is 1.60 bits per heavy atom. The molecule has 0 aliphatic carbocycles. The molecule has 35 heavy (non-hydrogen) atoms. The molecule has 0 bridgehead atoms. The van der Waals surface area contributed by atoms with Gasteiger partial charge in [0.25, 0.3) is 0 Å². The number of amides is 1. The predicted octanol–water partition coefficient (Wildman–Crippen LogP) is 6.01. The Bertz CT molecular complexity index is 1290. The molecule has 1 N–H and O–H groups in total. The van der Waals surface area contributed by atoms with Gasteiger partial charge in [0, 0.05) is 41.8 Å². The Hall–Kier alpha value is -3.15. The lowest BCUT2D eigenvalue weighted by Crippen LogP contribution is -2.40. The van der Waals surface area contributed by atoms with Crippen LogP contribution in [0.25, 0.3) is 10.9 Å². The van der Waals surface area contributed by atoms with Crippen LogP contribution in [0.5, 0.6) is 0 Å². The van der Waals surface area contributed by atoms with E-state index >= 15 is 0 Å². The van der Waals surface area contributed by atoms with Gasteiger partial charge < -0.3 is 9.88 Å². The van der Waals surface area contributed by atoms with E-state index in [2.05, 4.69) is 45.1 Å². The number of rotatable bonds is 7. The van der Waals surface area contributed by atoms with Gasteiger partial charge in [-0.25, -0.2) is 4.39 Å². The first-order chi connectivity index (χ1) is 17.0. The van der Waals surface area contributed by atoms with Gasteiger partial charge in [0.05, 0.1) is 0 Å². The lowest BCUT2D eigenvalue weighted by molar-refractivity contribution is -0.126. The van der Waals surface area contributed by atoms with Crippen LogP contribution in [0.1, 0.15) is 29.7 Å². The Kier molecular flexibility index (Phi) is 7.16. The summed E-state index contributed by atoms with van der Waals surface area (Å²) in [5.74, 6) is -0.0416. The number of carbonyl (C=O) groups is 1. The summed E-state index contributed by atoms with van der Waals surface area (Å²) in [6, 6.07) is 24.9. The summed E-state index contributed by atoms with van der Waals surface area (Å²) < 4.78 is 15.7. The SMILES string of the molecule is O=C(NCc1ccc(Cl)cc1)C1CCN(Cc2cc3ccccc3n2Cc2ccc(F)cc2)CC1. The second-order valence-corrected chi connectivity index (χ2v) is 9.74. The number of carbonyl (C=O) groups excluding carboxylic acids is 1. The number of halogens is 2. The van der Waals surface area contributed by atoms with Gasteiger partial charge in [-0.3, -0.25) is 9.69 Å². The van der Waals surface area contributed by atoms with Crippen molar-refractivity contribution >= 4 is 28.4 Å². The number of aromatic nitrogens is 1. The van der Waals surface area contributed by atoms with Gasteiger partial charge in [-0.2, -0.15) is 0 Å². The average molecular weight is 490 g/mol. The van der Waals surface area contributed by atoms with Crippen molar-refractivity contribution in [1.29, 1.82) is 0 Å². The van der Waals surface area contributed by atoms with Crippen molar-refractivity contribution in [3.05, 3.63) is 107 Å². The van der Waals surface area contributed by atoms with Crippen LogP contribution < -0.4 is 5.32 Å². The van der Waals surface area contributed by atoms with Crippen molar-refractivity contribution in [1.82, 2.24) is 14.8 Å². The first-order valence-corrected chi connectivity index (χ1v) is 12.5. The number of likely N-dealkylation sites (tertiary alicyclic amines) is 1. The fourth-order valence-electron chi connectivity index (χ4n) is 4.88. The zero-order chi connectivity index (χ0) is 24.2. The molecule has 180 valence electrons. The smallest absolute Gasteiger partial charge is 0.223 e. The van der Waals surface area contributed by atoms with Crippen molar-refractivity contribution in [3.63, 3.8) is 0 Å². The molecule has 0 atom stereocenters. The van der Waals surface area contributed by atoms with Crippen molar-refractivity contribution in [2.45, 2.75) is 32.5 Å². The van der Waals surface area contributed by atoms with E-state index in [4.69, 9.17) is 11.6 Å². The zero-order valence-electron chi connectivity index (χ0n) is 19.6. The van der Waals surface area contributed by atoms with Crippen LogP contribution in [0.4, 0.5) is 4.39 Å². The minimum atomic E-state index is -0.216. The second-order valence-electron chi connectivity index (χ2n) is 9.30. The fraction of sp³-hybridized carbons (Fsp3) is 0.276. The van der Waals surface area contributed by atoms with Gasteiger partial charge in [-0.15, -0.1) is 0 Å². The first kappa shape index (κ1) is 23.6. The standard InChI is InChI=1S/C29H29ClFN3O/c30-25-9-5-21(6-10-25)18-32-29(35)23-13-15-33(16-14-23)20-27-17-24-3-1-2-4-28(24)34(27)19-22-7-11-26(31)12-8-22/h1-12,17,23H,13-16,18-20H2,(H,32,35). The van der Waals surface area contributed by atoms with Gasteiger partial charge >= 0.3 is 0 Å². The number of piperidine rings is 1. The highest BCUT2D eigenvalue weighted by Gasteiger charge is 2.25. The van der Waals surface area contributed by atoms with Crippen LogP contribution >= 0.6 is 11.6 Å². The highest BCUT2D eigenvalue weighted by atomic mass is 35.5. The van der Waals surface area contributed by atoms with E-state index < -0.39 is 0 Å². The molecule has 0 unspecified atom stereocenters. The Morgan fingerprint density at radius 3 is 2.34 bits per heavy atom. The quantitative estimate of drug-likeness (QED) is 0.345. The van der Waals surface area contributed by atoms with E-state index in [9.17, 15) is 9.18 Å². The Balaban J connectivity index is 1.21. The largest absolute Gasteiger partial charge is 0.352 e. The summed E-state index contributed by atoms with van der Waals surface area (Å²) in [4.78, 5) is 15.1. The first-order valence-electron chi connectivity index (χ1n) is 12.1. The molecule has 2 heterocycles. The number of nitrogens with one attached hydrogen (secondary N) is 1. The molecule has 1 saturated heterocycles. The Labute approximate surface area is 210 Å². The van der Waals surface area contributed by atoms with Crippen LogP contribution in [0.3, 0.4) is 0 Å². The van der Waals surface area contributed by atoms with Crippen molar-refractivity contribution in [2.75, 3.05) is 13.1 Å². The number of nitrogens with zero attached hydrogens (tertiary/aromatic N) is 2. The average Bonchev–Trinajstić information content (AvgIpc) is 3.22. The number of benzene rings is 3. The van der Waals surface area contributed by atoms with Gasteiger partial charge in [0.15, 0.2) is 0 Å². The van der Waals surface area contributed by atoms with Crippen LogP contribution in [-0.4, -0.2) is 28.5 Å². The molecule has 6 heteroatoms. The molecule has 3 aromatic carbocycles. The maximum Gasteiger partial charge on any atom is 0.223 e. The van der Waals surface area contributed by atoms with Gasteiger partial charge in [-0.05, 0) is 78.8 Å². The van der Waals surface area contributed by atoms with E-state index in [-0.39, 0.29) is 17.6 Å². The Morgan fingerprint density at radius 1 is 0.914 bits per heavy atom. The van der Waals surface area contributed by atoms with Gasteiger partial charge in [-0.1, -0.05) is 54.1 Å². The summed E-state index contributed by atoms with van der Waals surface area (Å²) in [6.07, 6.45) is 1.70. The molecule has 1 aliphatic rings. The number of hydrogen-bond donors (Lipinski definition) is 1. The predicted molar refractivity (Wildman–Crippen MR) is 139 cm³/mol. The van der Waals surface area contributed by atoms with E-state index in [1.807, 2.05) is 36.4 Å². The monoisotopic (exact) mass is 489 g/mol. The van der Waals surface area contributed by atoms with Crippen molar-refractivity contribution < 1.29 is 9.18 Å². The summed E-state index contributed by atoms with van der Waals surface area (Å²) in [7, 11) is 0. The fourth-order valence-corrected chi connectivity index (χ4v) is 5.00. The molecule has 4 nitrogen and oxygen atoms in total. The van der Waals surface area contributed by atoms with Gasteiger partial charge in [0.1, 0.15) is 5.82 Å². The van der Waals surface area contributed by atoms with Crippen molar-refractivity contribution in [3.8, 4) is 0 Å². The van der Waals surface area contributed by atoms with E-state index in [1.165, 1.54) is 28.7 Å². The maximum absolute atomic E-state index is 13.4. The molecule has 0 radical (unpaired) electrons. The van der Waals surface area contributed by atoms with Crippen molar-refractivity contribution in [2.24, 2.45) is 5.92 Å². The third-order valence-electron chi connectivity index (χ3n) is 6.87. The molecule has 5 rings (SSSR count). The van der Waals surface area contributed by atoms with Crippen LogP contribution in [0.2, 0.25) is 5.02 Å². The molecule has 1 fully saturated rings. The normalized spacial score (nSPS) is 14.9. The third kappa shape index (κ3) is 5.75. The molecular weight excluding hydrogens is 461 g/mol. The number of hydrogen-bond acceptors (Lipinski definition) is 2. The van der Waals surface area contributed by atoms with E-state index in [1.54, 1.807) is 0 Å². The zero-order valence-corrected chi connectivity index (χ0v) is 20.3. The van der Waals surface area contributed by atoms with Crippen LogP contribution in [0, 0.1) is 11.7 Å². The number of fused-ring (bicyclic) bond motifs is 1. The van der Waals surface area contributed by atoms with E-state index in [0.717, 1.165) is 43.6 Å². The van der Waals surface area contributed by atoms with Gasteiger partial charge in [0.2, 0.25) is 5.91 Å². The molecule has 0 saturated carbocycles. The minimum absolute atomic E-state index is 0.0450.